The summed E-state index contributed by atoms with van der Waals surface area (Å²) in [5.41, 5.74) is 0.944. The first kappa shape index (κ1) is 7.59. The summed E-state index contributed by atoms with van der Waals surface area (Å²) in [5, 5.41) is 5.20. The minimum absolute atomic E-state index is 0.360. The molecule has 0 saturated carbocycles. The van der Waals surface area contributed by atoms with E-state index in [9.17, 15) is 9.81 Å². The van der Waals surface area contributed by atoms with Gasteiger partial charge in [-0.05, 0) is 11.3 Å². The number of nitroso groups, excluding NO2 is 2. The Morgan fingerprint density at radius 1 is 1.36 bits per heavy atom. The van der Waals surface area contributed by atoms with Crippen molar-refractivity contribution in [2.75, 3.05) is 0 Å². The van der Waals surface area contributed by atoms with Gasteiger partial charge in [0.1, 0.15) is 0 Å². The monoisotopic (exact) mass is 153 g/mol. The van der Waals surface area contributed by atoms with Gasteiger partial charge in [-0.2, -0.15) is 0 Å². The first-order valence-electron chi connectivity index (χ1n) is 3.11. The van der Waals surface area contributed by atoms with Crippen molar-refractivity contribution >= 4 is 0 Å². The predicted octanol–water partition coefficient (Wildman–Crippen LogP) is 1.24. The van der Waals surface area contributed by atoms with Crippen LogP contribution in [-0.2, 0) is 0 Å². The van der Waals surface area contributed by atoms with Crippen molar-refractivity contribution in [3.63, 3.8) is 0 Å². The average Bonchev–Trinajstić information content (AvgIpc) is 2.07. The van der Waals surface area contributed by atoms with Crippen LogP contribution in [0.3, 0.4) is 0 Å². The van der Waals surface area contributed by atoms with Gasteiger partial charge in [0.2, 0.25) is 5.66 Å². The van der Waals surface area contributed by atoms with Crippen LogP contribution >= 0.6 is 0 Å². The third-order valence-corrected chi connectivity index (χ3v) is 1.45. The van der Waals surface area contributed by atoms with Gasteiger partial charge in [-0.15, -0.1) is 9.81 Å². The number of hydrogen-bond acceptors (Lipinski definition) is 4. The Balaban J connectivity index is 2.75. The largest absolute Gasteiger partial charge is 0.239 e. The Morgan fingerprint density at radius 3 is 2.64 bits per heavy atom. The van der Waals surface area contributed by atoms with Gasteiger partial charge < -0.3 is 0 Å². The van der Waals surface area contributed by atoms with Crippen LogP contribution < -0.4 is 5.43 Å². The smallest absolute Gasteiger partial charge is 0.211 e. The molecule has 0 heterocycles. The van der Waals surface area contributed by atoms with Gasteiger partial charge in [-0.3, -0.25) is 0 Å². The van der Waals surface area contributed by atoms with Crippen molar-refractivity contribution in [1.29, 1.82) is 0 Å². The molecule has 1 aliphatic rings. The molecule has 0 aromatic heterocycles. The lowest BCUT2D eigenvalue weighted by molar-refractivity contribution is 0.426. The maximum absolute atomic E-state index is 10.3. The van der Waals surface area contributed by atoms with Gasteiger partial charge in [0.15, 0.2) is 0 Å². The van der Waals surface area contributed by atoms with Crippen molar-refractivity contribution in [3.8, 4) is 0 Å². The third-order valence-electron chi connectivity index (χ3n) is 1.45. The third kappa shape index (κ3) is 1.49. The second-order valence-electron chi connectivity index (χ2n) is 2.21. The van der Waals surface area contributed by atoms with Crippen LogP contribution in [0.4, 0.5) is 0 Å². The highest BCUT2D eigenvalue weighted by molar-refractivity contribution is 5.19. The highest BCUT2D eigenvalue weighted by atomic mass is 16.3. The van der Waals surface area contributed by atoms with Crippen LogP contribution in [0.2, 0.25) is 0 Å². The minimum Gasteiger partial charge on any atom is -0.239 e. The van der Waals surface area contributed by atoms with E-state index in [0.717, 1.165) is 0 Å². The molecule has 1 N–H and O–H groups in total. The number of nitrogens with one attached hydrogen (secondary N) is 1. The summed E-state index contributed by atoms with van der Waals surface area (Å²) in [7, 11) is 0. The lowest BCUT2D eigenvalue weighted by Gasteiger charge is -2.19. The van der Waals surface area contributed by atoms with E-state index in [1.165, 1.54) is 6.08 Å². The molecule has 0 radical (unpaired) electrons. The summed E-state index contributed by atoms with van der Waals surface area (Å²) < 4.78 is 0. The summed E-state index contributed by atoms with van der Waals surface area (Å²) in [4.78, 5) is 20.1. The molecular formula is C6H7N3O2. The molecule has 0 aromatic rings. The number of nitrogens with zero attached hydrogens (tertiary/aromatic N) is 2. The van der Waals surface area contributed by atoms with Crippen LogP contribution in [0.5, 0.6) is 0 Å². The van der Waals surface area contributed by atoms with E-state index in [0.29, 0.717) is 6.42 Å². The molecule has 0 fully saturated rings. The first-order valence-corrected chi connectivity index (χ1v) is 3.11. The lowest BCUT2D eigenvalue weighted by atomic mass is 10.0. The average molecular weight is 153 g/mol. The second kappa shape index (κ2) is 3.05. The Morgan fingerprint density at radius 2 is 2.18 bits per heavy atom. The molecule has 0 bridgehead atoms. The first-order chi connectivity index (χ1) is 5.33. The molecule has 0 aromatic carbocycles. The molecule has 0 spiro atoms. The maximum atomic E-state index is 10.3. The molecule has 58 valence electrons. The fourth-order valence-electron chi connectivity index (χ4n) is 0.859. The number of rotatable bonds is 3. The fraction of sp³-hybridized carbons (Fsp3) is 0.333. The van der Waals surface area contributed by atoms with Crippen LogP contribution in [0.1, 0.15) is 6.42 Å². The molecule has 1 atom stereocenters. The van der Waals surface area contributed by atoms with Gasteiger partial charge >= 0.3 is 0 Å². The lowest BCUT2D eigenvalue weighted by Crippen LogP contribution is -2.37. The van der Waals surface area contributed by atoms with E-state index >= 15 is 0 Å². The topological polar surface area (TPSA) is 70.9 Å². The van der Waals surface area contributed by atoms with E-state index < -0.39 is 5.66 Å². The van der Waals surface area contributed by atoms with Crippen LogP contribution in [0.25, 0.3) is 0 Å². The molecule has 5 heteroatoms. The van der Waals surface area contributed by atoms with E-state index in [2.05, 4.69) is 15.9 Å². The van der Waals surface area contributed by atoms with Crippen molar-refractivity contribution in [2.45, 2.75) is 12.1 Å². The molecule has 0 saturated heterocycles. The van der Waals surface area contributed by atoms with Crippen LogP contribution in [0.15, 0.2) is 34.8 Å². The molecule has 1 aliphatic carbocycles. The molecule has 0 amide bonds. The predicted molar refractivity (Wildman–Crippen MR) is 40.4 cm³/mol. The second-order valence-corrected chi connectivity index (χ2v) is 2.21. The van der Waals surface area contributed by atoms with Gasteiger partial charge in [0.25, 0.3) is 0 Å². The van der Waals surface area contributed by atoms with Crippen molar-refractivity contribution in [1.82, 2.24) is 5.43 Å². The van der Waals surface area contributed by atoms with E-state index in [4.69, 9.17) is 0 Å². The normalized spacial score (nSPS) is 28.0. The zero-order valence-electron chi connectivity index (χ0n) is 5.73. The SMILES string of the molecule is O=NNC1(N=O)C=CC=CC1. The molecule has 1 rings (SSSR count). The summed E-state index contributed by atoms with van der Waals surface area (Å²) >= 11 is 0. The van der Waals surface area contributed by atoms with Gasteiger partial charge in [0.05, 0.1) is 5.29 Å². The van der Waals surface area contributed by atoms with Crippen LogP contribution in [0, 0.1) is 9.81 Å². The maximum Gasteiger partial charge on any atom is 0.211 e. The molecule has 5 nitrogen and oxygen atoms in total. The summed E-state index contributed by atoms with van der Waals surface area (Å²) in [6, 6.07) is 0. The molecular weight excluding hydrogens is 146 g/mol. The Labute approximate surface area is 63.1 Å². The van der Waals surface area contributed by atoms with Gasteiger partial charge in [-0.1, -0.05) is 18.2 Å². The van der Waals surface area contributed by atoms with Gasteiger partial charge in [0, 0.05) is 6.42 Å². The quantitative estimate of drug-likeness (QED) is 0.489. The van der Waals surface area contributed by atoms with Crippen molar-refractivity contribution < 1.29 is 0 Å². The molecule has 11 heavy (non-hydrogen) atoms. The molecule has 0 aliphatic heterocycles. The van der Waals surface area contributed by atoms with Gasteiger partial charge in [-0.25, -0.2) is 5.43 Å². The minimum atomic E-state index is -1.16. The number of allylic oxidation sites excluding steroid dienone is 2. The van der Waals surface area contributed by atoms with Crippen molar-refractivity contribution in [2.24, 2.45) is 10.5 Å². The summed E-state index contributed by atoms with van der Waals surface area (Å²) in [6.45, 7) is 0. The Bertz CT molecular complexity index is 220. The van der Waals surface area contributed by atoms with E-state index in [1.54, 1.807) is 18.2 Å². The van der Waals surface area contributed by atoms with E-state index in [-0.39, 0.29) is 0 Å². The summed E-state index contributed by atoms with van der Waals surface area (Å²) in [6.07, 6.45) is 7.01. The molecule has 1 unspecified atom stereocenters. The highest BCUT2D eigenvalue weighted by Gasteiger charge is 2.27. The fourth-order valence-corrected chi connectivity index (χ4v) is 0.859. The number of hydrogen-bond donors (Lipinski definition) is 1. The Hall–Kier alpha value is -1.52. The van der Waals surface area contributed by atoms with E-state index in [1.807, 2.05) is 0 Å². The zero-order valence-corrected chi connectivity index (χ0v) is 5.73. The van der Waals surface area contributed by atoms with Crippen LogP contribution in [-0.4, -0.2) is 5.66 Å². The van der Waals surface area contributed by atoms with Crippen molar-refractivity contribution in [3.05, 3.63) is 34.1 Å². The summed E-state index contributed by atoms with van der Waals surface area (Å²) in [5.74, 6) is 0. The Kier molecular flexibility index (Phi) is 2.10. The zero-order chi connectivity index (χ0) is 8.16. The highest BCUT2D eigenvalue weighted by Crippen LogP contribution is 2.18. The standard InChI is InChI=1S/C6H7N3O2/c10-8-6(7-9-11)4-2-1-3-5-6/h1-4H,5H2,(H,7,11).